The van der Waals surface area contributed by atoms with Crippen molar-refractivity contribution >= 4 is 0 Å². The summed E-state index contributed by atoms with van der Waals surface area (Å²) in [6, 6.07) is 10.9. The molecular weight excluding hydrogens is 268 g/mol. The van der Waals surface area contributed by atoms with Crippen LogP contribution in [-0.2, 0) is 10.2 Å². The Morgan fingerprint density at radius 1 is 0.909 bits per heavy atom. The van der Waals surface area contributed by atoms with E-state index in [2.05, 4.69) is 51.1 Å². The topological polar surface area (TPSA) is 9.23 Å². The van der Waals surface area contributed by atoms with Crippen molar-refractivity contribution in [3.05, 3.63) is 35.9 Å². The lowest BCUT2D eigenvalue weighted by atomic mass is 9.55. The van der Waals surface area contributed by atoms with Crippen LogP contribution in [0.3, 0.4) is 0 Å². The van der Waals surface area contributed by atoms with Gasteiger partial charge in [-0.05, 0) is 68.3 Å². The highest BCUT2D eigenvalue weighted by Crippen LogP contribution is 2.55. The summed E-state index contributed by atoms with van der Waals surface area (Å²) in [7, 11) is 0. The Labute approximate surface area is 135 Å². The first-order valence-corrected chi connectivity index (χ1v) is 9.25. The highest BCUT2D eigenvalue weighted by molar-refractivity contribution is 5.24. The van der Waals surface area contributed by atoms with Crippen LogP contribution in [0.1, 0.15) is 58.4 Å². The van der Waals surface area contributed by atoms with Gasteiger partial charge in [0.2, 0.25) is 0 Å². The maximum absolute atomic E-state index is 6.75. The Kier molecular flexibility index (Phi) is 3.60. The largest absolute Gasteiger partial charge is 0.374 e. The Balaban J connectivity index is 1.49. The predicted molar refractivity (Wildman–Crippen MR) is 90.8 cm³/mol. The molecule has 0 aromatic heterocycles. The quantitative estimate of drug-likeness (QED) is 0.743. The third kappa shape index (κ3) is 2.42. The Morgan fingerprint density at radius 3 is 2.00 bits per heavy atom. The maximum atomic E-state index is 6.75. The fourth-order valence-electron chi connectivity index (χ4n) is 5.61. The average molecular weight is 298 g/mol. The highest BCUT2D eigenvalue weighted by Gasteiger charge is 2.49. The van der Waals surface area contributed by atoms with Gasteiger partial charge in [-0.25, -0.2) is 0 Å². The number of hydrogen-bond donors (Lipinski definition) is 0. The molecule has 1 nitrogen and oxygen atoms in total. The van der Waals surface area contributed by atoms with Gasteiger partial charge in [0.1, 0.15) is 0 Å². The molecule has 0 spiro atoms. The van der Waals surface area contributed by atoms with E-state index in [1.165, 1.54) is 37.7 Å². The van der Waals surface area contributed by atoms with E-state index < -0.39 is 0 Å². The molecular formula is C21H30O. The first kappa shape index (κ1) is 14.8. The van der Waals surface area contributed by atoms with Crippen molar-refractivity contribution in [3.63, 3.8) is 0 Å². The first-order valence-electron chi connectivity index (χ1n) is 9.25. The molecule has 0 aliphatic heterocycles. The zero-order chi connectivity index (χ0) is 15.3. The number of ether oxygens (including phenoxy) is 1. The summed E-state index contributed by atoms with van der Waals surface area (Å²) in [5, 5.41) is 0. The van der Waals surface area contributed by atoms with Crippen molar-refractivity contribution in [1.29, 1.82) is 0 Å². The average Bonchev–Trinajstić information content (AvgIpc) is 2.50. The second kappa shape index (κ2) is 5.37. The third-order valence-corrected chi connectivity index (χ3v) is 7.04. The van der Waals surface area contributed by atoms with E-state index in [9.17, 15) is 0 Å². The molecule has 4 aliphatic carbocycles. The molecule has 5 rings (SSSR count). The predicted octanol–water partition coefficient (Wildman–Crippen LogP) is 5.19. The normalized spacial score (nSPS) is 38.2. The lowest BCUT2D eigenvalue weighted by Crippen LogP contribution is -2.51. The van der Waals surface area contributed by atoms with E-state index in [1.807, 2.05) is 0 Å². The molecule has 4 fully saturated rings. The second-order valence-corrected chi connectivity index (χ2v) is 8.76. The third-order valence-electron chi connectivity index (χ3n) is 7.04. The van der Waals surface area contributed by atoms with Gasteiger partial charge in [-0.1, -0.05) is 44.2 Å². The fourth-order valence-corrected chi connectivity index (χ4v) is 5.61. The van der Waals surface area contributed by atoms with Gasteiger partial charge in [-0.3, -0.25) is 0 Å². The van der Waals surface area contributed by atoms with Crippen molar-refractivity contribution in [1.82, 2.24) is 0 Å². The second-order valence-electron chi connectivity index (χ2n) is 8.76. The molecule has 0 radical (unpaired) electrons. The fraction of sp³-hybridized carbons (Fsp3) is 0.714. The molecule has 4 bridgehead atoms. The molecule has 1 aromatic carbocycles. The van der Waals surface area contributed by atoms with E-state index in [1.54, 1.807) is 0 Å². The summed E-state index contributed by atoms with van der Waals surface area (Å²) in [5.41, 5.74) is 1.47. The Hall–Kier alpha value is -0.820. The smallest absolute Gasteiger partial charge is 0.0642 e. The van der Waals surface area contributed by atoms with Gasteiger partial charge in [-0.2, -0.15) is 0 Å². The monoisotopic (exact) mass is 298 g/mol. The van der Waals surface area contributed by atoms with E-state index in [0.29, 0.717) is 6.10 Å². The zero-order valence-corrected chi connectivity index (χ0v) is 14.3. The van der Waals surface area contributed by atoms with Crippen molar-refractivity contribution in [2.75, 3.05) is 0 Å². The van der Waals surface area contributed by atoms with Crippen LogP contribution in [-0.4, -0.2) is 12.2 Å². The molecule has 0 heterocycles. The zero-order valence-electron chi connectivity index (χ0n) is 14.3. The van der Waals surface area contributed by atoms with Gasteiger partial charge < -0.3 is 4.74 Å². The van der Waals surface area contributed by atoms with Crippen LogP contribution in [0.4, 0.5) is 0 Å². The van der Waals surface area contributed by atoms with Crippen LogP contribution < -0.4 is 0 Å². The molecule has 0 saturated heterocycles. The minimum absolute atomic E-state index is 0.0793. The summed E-state index contributed by atoms with van der Waals surface area (Å²) in [5.74, 6) is 3.76. The van der Waals surface area contributed by atoms with Crippen molar-refractivity contribution < 1.29 is 4.74 Å². The van der Waals surface area contributed by atoms with Crippen LogP contribution in [0.5, 0.6) is 0 Å². The summed E-state index contributed by atoms with van der Waals surface area (Å²) in [4.78, 5) is 0. The van der Waals surface area contributed by atoms with Crippen LogP contribution in [0, 0.1) is 23.7 Å². The summed E-state index contributed by atoms with van der Waals surface area (Å²) >= 11 is 0. The van der Waals surface area contributed by atoms with Crippen LogP contribution in [0.2, 0.25) is 0 Å². The van der Waals surface area contributed by atoms with Gasteiger partial charge in [-0.15, -0.1) is 0 Å². The SMILES string of the molecule is CC(OC1C2CC3CC(C2)CC1C3)C(C)(C)c1ccccc1. The molecule has 120 valence electrons. The highest BCUT2D eigenvalue weighted by atomic mass is 16.5. The van der Waals surface area contributed by atoms with Gasteiger partial charge in [0, 0.05) is 5.41 Å². The minimum atomic E-state index is 0.0793. The Bertz CT molecular complexity index is 490. The molecule has 22 heavy (non-hydrogen) atoms. The summed E-state index contributed by atoms with van der Waals surface area (Å²) in [6.45, 7) is 6.96. The first-order chi connectivity index (χ1) is 10.5. The lowest BCUT2D eigenvalue weighted by Gasteiger charge is -2.55. The van der Waals surface area contributed by atoms with E-state index in [-0.39, 0.29) is 11.5 Å². The molecule has 0 N–H and O–H groups in total. The van der Waals surface area contributed by atoms with Gasteiger partial charge in [0.05, 0.1) is 12.2 Å². The number of hydrogen-bond acceptors (Lipinski definition) is 1. The molecule has 0 amide bonds. The van der Waals surface area contributed by atoms with Crippen LogP contribution >= 0.6 is 0 Å². The molecule has 4 aliphatic rings. The number of rotatable bonds is 4. The number of benzene rings is 1. The minimum Gasteiger partial charge on any atom is -0.374 e. The van der Waals surface area contributed by atoms with E-state index in [0.717, 1.165) is 23.7 Å². The van der Waals surface area contributed by atoms with Gasteiger partial charge in [0.15, 0.2) is 0 Å². The van der Waals surface area contributed by atoms with Crippen LogP contribution in [0.25, 0.3) is 0 Å². The molecule has 1 aromatic rings. The van der Waals surface area contributed by atoms with Crippen molar-refractivity contribution in [2.45, 2.75) is 70.5 Å². The molecule has 1 heteroatoms. The van der Waals surface area contributed by atoms with Gasteiger partial charge >= 0.3 is 0 Å². The lowest BCUT2D eigenvalue weighted by molar-refractivity contribution is -0.159. The van der Waals surface area contributed by atoms with Gasteiger partial charge in [0.25, 0.3) is 0 Å². The van der Waals surface area contributed by atoms with Crippen LogP contribution in [0.15, 0.2) is 30.3 Å². The standard InChI is InChI=1S/C21H30O/c1-14(21(2,3)19-7-5-4-6-8-19)22-20-17-10-15-9-16(12-17)13-18(20)11-15/h4-8,14-18,20H,9-13H2,1-3H3. The van der Waals surface area contributed by atoms with E-state index >= 15 is 0 Å². The summed E-state index contributed by atoms with van der Waals surface area (Å²) in [6.07, 6.45) is 8.09. The Morgan fingerprint density at radius 2 is 1.45 bits per heavy atom. The molecule has 4 saturated carbocycles. The van der Waals surface area contributed by atoms with Crippen molar-refractivity contribution in [2.24, 2.45) is 23.7 Å². The molecule has 1 atom stereocenters. The maximum Gasteiger partial charge on any atom is 0.0642 e. The van der Waals surface area contributed by atoms with Crippen molar-refractivity contribution in [3.8, 4) is 0 Å². The molecule has 1 unspecified atom stereocenters. The summed E-state index contributed by atoms with van der Waals surface area (Å²) < 4.78 is 6.75. The van der Waals surface area contributed by atoms with E-state index in [4.69, 9.17) is 4.74 Å².